The second-order valence-corrected chi connectivity index (χ2v) is 7.76. The van der Waals surface area contributed by atoms with Crippen LogP contribution in [0.15, 0.2) is 66.8 Å². The van der Waals surface area contributed by atoms with Crippen LogP contribution in [0.1, 0.15) is 76.7 Å². The number of phenols is 1. The third-order valence-electron chi connectivity index (χ3n) is 4.97. The first-order valence-electron chi connectivity index (χ1n) is 11.9. The summed E-state index contributed by atoms with van der Waals surface area (Å²) in [6.07, 6.45) is 27.9. The number of allylic oxidation sites excluding steroid dienone is 8. The number of unbranched alkanes of at least 4 members (excludes halogenated alkanes) is 4. The van der Waals surface area contributed by atoms with E-state index < -0.39 is 0 Å². The maximum Gasteiger partial charge on any atom is 0.220 e. The molecule has 0 bridgehead atoms. The molecule has 0 aliphatic heterocycles. The Kier molecular flexibility index (Phi) is 16.2. The maximum atomic E-state index is 12.0. The van der Waals surface area contributed by atoms with Crippen molar-refractivity contribution < 1.29 is 14.6 Å². The number of ether oxygens (including phenoxy) is 1. The fourth-order valence-electron chi connectivity index (χ4n) is 3.06. The van der Waals surface area contributed by atoms with Gasteiger partial charge in [0, 0.05) is 13.0 Å². The van der Waals surface area contributed by atoms with Crippen LogP contribution in [0.2, 0.25) is 0 Å². The Hall–Kier alpha value is -2.75. The summed E-state index contributed by atoms with van der Waals surface area (Å²) >= 11 is 0. The molecule has 0 unspecified atom stereocenters. The van der Waals surface area contributed by atoms with Crippen molar-refractivity contribution in [2.75, 3.05) is 7.11 Å². The first-order chi connectivity index (χ1) is 15.7. The summed E-state index contributed by atoms with van der Waals surface area (Å²) in [5.41, 5.74) is 0.897. The molecule has 1 rings (SSSR count). The van der Waals surface area contributed by atoms with Crippen LogP contribution in [-0.2, 0) is 11.3 Å². The minimum absolute atomic E-state index is 0.0351. The lowest BCUT2D eigenvalue weighted by molar-refractivity contribution is -0.121. The van der Waals surface area contributed by atoms with E-state index in [1.165, 1.54) is 32.8 Å². The third kappa shape index (κ3) is 14.3. The molecule has 0 spiro atoms. The summed E-state index contributed by atoms with van der Waals surface area (Å²) in [6.45, 7) is 2.66. The minimum Gasteiger partial charge on any atom is -0.504 e. The SMILES string of the molecule is CCCCC/C=C/C/C=C/C/C=C/C/C=C/CCCC(=O)NCc1ccc(O)c(OC)c1. The smallest absolute Gasteiger partial charge is 0.220 e. The number of hydrogen-bond donors (Lipinski definition) is 2. The number of methoxy groups -OCH3 is 1. The highest BCUT2D eigenvalue weighted by Crippen LogP contribution is 2.26. The predicted octanol–water partition coefficient (Wildman–Crippen LogP) is 7.16. The number of phenolic OH excluding ortho intramolecular Hbond substituents is 1. The number of carbonyl (C=O) groups is 1. The summed E-state index contributed by atoms with van der Waals surface area (Å²) < 4.78 is 5.08. The summed E-state index contributed by atoms with van der Waals surface area (Å²) in [5, 5.41) is 12.5. The van der Waals surface area contributed by atoms with Crippen molar-refractivity contribution in [2.24, 2.45) is 0 Å². The molecule has 176 valence electrons. The number of carbonyl (C=O) groups excluding carboxylic acids is 1. The fourth-order valence-corrected chi connectivity index (χ4v) is 3.06. The van der Waals surface area contributed by atoms with Crippen LogP contribution in [0.25, 0.3) is 0 Å². The van der Waals surface area contributed by atoms with Crippen molar-refractivity contribution in [2.45, 2.75) is 77.7 Å². The van der Waals surface area contributed by atoms with Crippen LogP contribution >= 0.6 is 0 Å². The normalized spacial score (nSPS) is 11.9. The Labute approximate surface area is 194 Å². The van der Waals surface area contributed by atoms with Crippen LogP contribution in [-0.4, -0.2) is 18.1 Å². The van der Waals surface area contributed by atoms with Gasteiger partial charge in [-0.2, -0.15) is 0 Å². The van der Waals surface area contributed by atoms with Gasteiger partial charge in [-0.25, -0.2) is 0 Å². The molecular weight excluding hydrogens is 398 g/mol. The van der Waals surface area contributed by atoms with E-state index in [9.17, 15) is 9.90 Å². The molecule has 4 nitrogen and oxygen atoms in total. The third-order valence-corrected chi connectivity index (χ3v) is 4.97. The van der Waals surface area contributed by atoms with Gasteiger partial charge in [0.2, 0.25) is 5.91 Å². The van der Waals surface area contributed by atoms with Crippen molar-refractivity contribution in [1.82, 2.24) is 5.32 Å². The topological polar surface area (TPSA) is 58.6 Å². The molecule has 1 aromatic rings. The Morgan fingerprint density at radius 2 is 1.50 bits per heavy atom. The Balaban J connectivity index is 2.03. The van der Waals surface area contributed by atoms with E-state index in [0.29, 0.717) is 18.7 Å². The first-order valence-corrected chi connectivity index (χ1v) is 11.9. The summed E-state index contributed by atoms with van der Waals surface area (Å²) in [4.78, 5) is 12.0. The molecule has 1 amide bonds. The molecule has 1 aromatic carbocycles. The molecular formula is C28H41NO3. The van der Waals surface area contributed by atoms with Crippen molar-refractivity contribution >= 4 is 5.91 Å². The Bertz CT molecular complexity index is 747. The molecule has 4 heteroatoms. The van der Waals surface area contributed by atoms with E-state index in [1.807, 2.05) is 0 Å². The zero-order valence-corrected chi connectivity index (χ0v) is 19.9. The van der Waals surface area contributed by atoms with Crippen LogP contribution < -0.4 is 10.1 Å². The standard InChI is InChI=1S/C28H41NO3/c1-3-4-5-6-7-8-9-10-11-12-13-14-15-16-17-18-19-20-28(31)29-24-25-21-22-26(30)27(23-25)32-2/h7-8,10-11,13-14,16-17,21-23,30H,3-6,9,12,15,18-20,24H2,1-2H3,(H,29,31)/b8-7+,11-10+,14-13+,17-16+. The highest BCUT2D eigenvalue weighted by atomic mass is 16.5. The first kappa shape index (κ1) is 27.3. The van der Waals surface area contributed by atoms with E-state index in [2.05, 4.69) is 60.8 Å². The number of amides is 1. The van der Waals surface area contributed by atoms with Crippen LogP contribution in [0.3, 0.4) is 0 Å². The van der Waals surface area contributed by atoms with Crippen molar-refractivity contribution in [1.29, 1.82) is 0 Å². The molecule has 0 atom stereocenters. The second-order valence-electron chi connectivity index (χ2n) is 7.76. The van der Waals surface area contributed by atoms with E-state index in [4.69, 9.17) is 4.74 Å². The zero-order valence-electron chi connectivity index (χ0n) is 19.9. The number of rotatable bonds is 17. The minimum atomic E-state index is 0.0351. The quantitative estimate of drug-likeness (QED) is 0.200. The van der Waals surface area contributed by atoms with Crippen molar-refractivity contribution in [3.8, 4) is 11.5 Å². The van der Waals surface area contributed by atoms with E-state index in [-0.39, 0.29) is 11.7 Å². The molecule has 0 aromatic heterocycles. The van der Waals surface area contributed by atoms with Crippen LogP contribution in [0.4, 0.5) is 0 Å². The predicted molar refractivity (Wildman–Crippen MR) is 135 cm³/mol. The monoisotopic (exact) mass is 439 g/mol. The highest BCUT2D eigenvalue weighted by Gasteiger charge is 2.04. The van der Waals surface area contributed by atoms with Gasteiger partial charge < -0.3 is 15.2 Å². The number of hydrogen-bond acceptors (Lipinski definition) is 3. The maximum absolute atomic E-state index is 12.0. The molecule has 0 fully saturated rings. The van der Waals surface area contributed by atoms with Crippen molar-refractivity contribution in [3.05, 3.63) is 72.4 Å². The van der Waals surface area contributed by atoms with E-state index in [1.54, 1.807) is 18.2 Å². The van der Waals surface area contributed by atoms with Gasteiger partial charge in [-0.1, -0.05) is 74.4 Å². The van der Waals surface area contributed by atoms with Gasteiger partial charge in [0.25, 0.3) is 0 Å². The number of benzene rings is 1. The van der Waals surface area contributed by atoms with Gasteiger partial charge in [0.05, 0.1) is 7.11 Å². The van der Waals surface area contributed by atoms with Gasteiger partial charge in [0.1, 0.15) is 0 Å². The Morgan fingerprint density at radius 3 is 2.09 bits per heavy atom. The lowest BCUT2D eigenvalue weighted by Gasteiger charge is -2.08. The molecule has 0 saturated carbocycles. The fraction of sp³-hybridized carbons (Fsp3) is 0.464. The molecule has 0 radical (unpaired) electrons. The highest BCUT2D eigenvalue weighted by molar-refractivity contribution is 5.75. The molecule has 0 aliphatic rings. The number of aromatic hydroxyl groups is 1. The molecule has 0 aliphatic carbocycles. The lowest BCUT2D eigenvalue weighted by Crippen LogP contribution is -2.22. The molecule has 0 heterocycles. The zero-order chi connectivity index (χ0) is 23.3. The summed E-state index contributed by atoms with van der Waals surface area (Å²) in [7, 11) is 1.51. The number of nitrogens with one attached hydrogen (secondary N) is 1. The van der Waals surface area contributed by atoms with Gasteiger partial charge in [-0.05, 0) is 62.6 Å². The average molecular weight is 440 g/mol. The molecule has 32 heavy (non-hydrogen) atoms. The summed E-state index contributed by atoms with van der Waals surface area (Å²) in [5.74, 6) is 0.548. The van der Waals surface area contributed by atoms with Gasteiger partial charge in [-0.15, -0.1) is 0 Å². The van der Waals surface area contributed by atoms with Crippen LogP contribution in [0, 0.1) is 0 Å². The van der Waals surface area contributed by atoms with E-state index >= 15 is 0 Å². The lowest BCUT2D eigenvalue weighted by atomic mass is 10.2. The molecule has 0 saturated heterocycles. The Morgan fingerprint density at radius 1 is 0.906 bits per heavy atom. The van der Waals surface area contributed by atoms with Gasteiger partial charge in [-0.3, -0.25) is 4.79 Å². The van der Waals surface area contributed by atoms with E-state index in [0.717, 1.165) is 37.7 Å². The molecule has 2 N–H and O–H groups in total. The van der Waals surface area contributed by atoms with Gasteiger partial charge in [0.15, 0.2) is 11.5 Å². The largest absolute Gasteiger partial charge is 0.504 e. The van der Waals surface area contributed by atoms with Crippen molar-refractivity contribution in [3.63, 3.8) is 0 Å². The van der Waals surface area contributed by atoms with Crippen LogP contribution in [0.5, 0.6) is 11.5 Å². The summed E-state index contributed by atoms with van der Waals surface area (Å²) in [6, 6.07) is 5.08. The second kappa shape index (κ2) is 19.0. The average Bonchev–Trinajstić information content (AvgIpc) is 2.80. The van der Waals surface area contributed by atoms with Gasteiger partial charge >= 0.3 is 0 Å².